The number of anilines is 3. The highest BCUT2D eigenvalue weighted by molar-refractivity contribution is 5.53. The second kappa shape index (κ2) is 12.0. The van der Waals surface area contributed by atoms with Gasteiger partial charge in [-0.15, -0.1) is 0 Å². The number of piperazine rings is 1. The maximum Gasteiger partial charge on any atom is 0.417 e. The van der Waals surface area contributed by atoms with Crippen LogP contribution in [-0.4, -0.2) is 48.3 Å². The van der Waals surface area contributed by atoms with Gasteiger partial charge in [0, 0.05) is 56.4 Å². The summed E-state index contributed by atoms with van der Waals surface area (Å²) < 4.78 is 84.6. The van der Waals surface area contributed by atoms with E-state index in [1.807, 2.05) is 11.0 Å². The van der Waals surface area contributed by atoms with Crippen LogP contribution in [0.5, 0.6) is 5.75 Å². The number of aromatic nitrogens is 2. The molecule has 2 aliphatic rings. The third-order valence-electron chi connectivity index (χ3n) is 7.51. The van der Waals surface area contributed by atoms with E-state index in [1.165, 1.54) is 18.2 Å². The van der Waals surface area contributed by atoms with Crippen molar-refractivity contribution in [2.24, 2.45) is 0 Å². The zero-order chi connectivity index (χ0) is 29.9. The molecule has 1 saturated carbocycles. The molecule has 3 heterocycles. The number of hydrogen-bond donors (Lipinski definition) is 1. The summed E-state index contributed by atoms with van der Waals surface area (Å²) in [7, 11) is 0. The predicted molar refractivity (Wildman–Crippen MR) is 144 cm³/mol. The fourth-order valence-electron chi connectivity index (χ4n) is 5.27. The molecule has 0 atom stereocenters. The highest BCUT2D eigenvalue weighted by atomic mass is 19.4. The first-order valence-electron chi connectivity index (χ1n) is 13.5. The van der Waals surface area contributed by atoms with Crippen LogP contribution in [0.15, 0.2) is 54.9 Å². The number of benzene rings is 1. The van der Waals surface area contributed by atoms with Gasteiger partial charge in [0.1, 0.15) is 17.4 Å². The first-order chi connectivity index (χ1) is 20.0. The smallest absolute Gasteiger partial charge is 0.417 e. The number of halogens is 6. The maximum absolute atomic E-state index is 13.3. The standard InChI is InChI=1S/C29H28F6N6O/c30-28(31,32)20-2-8-26(38-18-20)40-11-13-41(14-12-40)27-16-24(9-10-37-27)42-23-6-4-21(5-7-23)39-22-3-1-19(17-36)25(15-22)29(33,34)35/h1-3,8-10,15-16,18,21,23,39H,4-7,11-14H2. The van der Waals surface area contributed by atoms with E-state index >= 15 is 0 Å². The fraction of sp³-hybridized carbons (Fsp3) is 0.414. The minimum absolute atomic E-state index is 0.0117. The first-order valence-corrected chi connectivity index (χ1v) is 13.5. The summed E-state index contributed by atoms with van der Waals surface area (Å²) >= 11 is 0. The summed E-state index contributed by atoms with van der Waals surface area (Å²) in [6.45, 7) is 2.38. The molecule has 0 spiro atoms. The Morgan fingerprint density at radius 1 is 0.810 bits per heavy atom. The quantitative estimate of drug-likeness (QED) is 0.328. The maximum atomic E-state index is 13.3. The number of pyridine rings is 2. The van der Waals surface area contributed by atoms with Crippen LogP contribution in [0.4, 0.5) is 43.7 Å². The first kappa shape index (κ1) is 29.3. The molecule has 0 bridgehead atoms. The van der Waals surface area contributed by atoms with Crippen LogP contribution in [-0.2, 0) is 12.4 Å². The van der Waals surface area contributed by atoms with Gasteiger partial charge in [-0.25, -0.2) is 9.97 Å². The summed E-state index contributed by atoms with van der Waals surface area (Å²) in [5.41, 5.74) is -1.79. The van der Waals surface area contributed by atoms with Crippen molar-refractivity contribution in [2.45, 2.75) is 50.2 Å². The van der Waals surface area contributed by atoms with E-state index in [4.69, 9.17) is 10.00 Å². The Kier molecular flexibility index (Phi) is 8.34. The molecular weight excluding hydrogens is 562 g/mol. The van der Waals surface area contributed by atoms with E-state index in [2.05, 4.69) is 20.2 Å². The van der Waals surface area contributed by atoms with Gasteiger partial charge in [-0.3, -0.25) is 0 Å². The van der Waals surface area contributed by atoms with Crippen molar-refractivity contribution in [2.75, 3.05) is 41.3 Å². The average molecular weight is 591 g/mol. The number of rotatable bonds is 6. The number of nitriles is 1. The molecule has 13 heteroatoms. The summed E-state index contributed by atoms with van der Waals surface area (Å²) in [6, 6.07) is 11.3. The van der Waals surface area contributed by atoms with E-state index in [9.17, 15) is 26.3 Å². The van der Waals surface area contributed by atoms with Crippen molar-refractivity contribution >= 4 is 17.3 Å². The van der Waals surface area contributed by atoms with Crippen LogP contribution in [0.3, 0.4) is 0 Å². The van der Waals surface area contributed by atoms with Crippen molar-refractivity contribution in [3.63, 3.8) is 0 Å². The zero-order valence-electron chi connectivity index (χ0n) is 22.4. The fourth-order valence-corrected chi connectivity index (χ4v) is 5.27. The zero-order valence-corrected chi connectivity index (χ0v) is 22.4. The molecule has 0 amide bonds. The lowest BCUT2D eigenvalue weighted by Gasteiger charge is -2.36. The molecule has 1 aliphatic carbocycles. The molecule has 0 radical (unpaired) electrons. The lowest BCUT2D eigenvalue weighted by molar-refractivity contribution is -0.138. The number of nitrogens with zero attached hydrogens (tertiary/aromatic N) is 5. The van der Waals surface area contributed by atoms with E-state index < -0.39 is 29.0 Å². The normalized spacial score (nSPS) is 19.7. The van der Waals surface area contributed by atoms with E-state index in [-0.39, 0.29) is 12.1 Å². The van der Waals surface area contributed by atoms with Gasteiger partial charge in [-0.1, -0.05) is 0 Å². The van der Waals surface area contributed by atoms with Crippen molar-refractivity contribution in [3.8, 4) is 11.8 Å². The van der Waals surface area contributed by atoms with Crippen molar-refractivity contribution in [1.29, 1.82) is 5.26 Å². The molecule has 0 unspecified atom stereocenters. The third-order valence-corrected chi connectivity index (χ3v) is 7.51. The van der Waals surface area contributed by atoms with Crippen LogP contribution < -0.4 is 19.9 Å². The van der Waals surface area contributed by atoms with E-state index in [0.717, 1.165) is 37.0 Å². The summed E-state index contributed by atoms with van der Waals surface area (Å²) in [5.74, 6) is 1.91. The summed E-state index contributed by atoms with van der Waals surface area (Å²) in [6.07, 6.45) is -3.69. The lowest BCUT2D eigenvalue weighted by atomic mass is 9.92. The van der Waals surface area contributed by atoms with Crippen molar-refractivity contribution in [3.05, 3.63) is 71.5 Å². The Balaban J connectivity index is 1.11. The summed E-state index contributed by atoms with van der Waals surface area (Å²) in [5, 5.41) is 12.2. The van der Waals surface area contributed by atoms with E-state index in [1.54, 1.807) is 18.3 Å². The van der Waals surface area contributed by atoms with Crippen LogP contribution in [0.25, 0.3) is 0 Å². The highest BCUT2D eigenvalue weighted by Crippen LogP contribution is 2.35. The van der Waals surface area contributed by atoms with Gasteiger partial charge < -0.3 is 19.9 Å². The largest absolute Gasteiger partial charge is 0.490 e. The molecule has 1 N–H and O–H groups in total. The molecule has 222 valence electrons. The Bertz CT molecular complexity index is 1410. The monoisotopic (exact) mass is 590 g/mol. The molecule has 1 aromatic carbocycles. The number of nitrogens with one attached hydrogen (secondary N) is 1. The Labute approximate surface area is 238 Å². The molecule has 2 aromatic heterocycles. The van der Waals surface area contributed by atoms with Gasteiger partial charge in [-0.2, -0.15) is 31.6 Å². The number of ether oxygens (including phenoxy) is 1. The van der Waals surface area contributed by atoms with Crippen LogP contribution in [0.2, 0.25) is 0 Å². The molecule has 3 aromatic rings. The van der Waals surface area contributed by atoms with Crippen LogP contribution in [0.1, 0.15) is 42.4 Å². The average Bonchev–Trinajstić information content (AvgIpc) is 2.97. The second-order valence-corrected chi connectivity index (χ2v) is 10.3. The minimum Gasteiger partial charge on any atom is -0.490 e. The molecule has 42 heavy (non-hydrogen) atoms. The van der Waals surface area contributed by atoms with Crippen molar-refractivity contribution in [1.82, 2.24) is 9.97 Å². The van der Waals surface area contributed by atoms with Gasteiger partial charge in [0.2, 0.25) is 0 Å². The third kappa shape index (κ3) is 6.98. The Morgan fingerprint density at radius 2 is 1.50 bits per heavy atom. The highest BCUT2D eigenvalue weighted by Gasteiger charge is 2.34. The molecule has 1 saturated heterocycles. The number of alkyl halides is 6. The topological polar surface area (TPSA) is 77.3 Å². The van der Waals surface area contributed by atoms with Crippen LogP contribution >= 0.6 is 0 Å². The molecule has 2 fully saturated rings. The SMILES string of the molecule is N#Cc1ccc(NC2CCC(Oc3ccnc(N4CCN(c5ccc(C(F)(F)F)cn5)CC4)c3)CC2)cc1C(F)(F)F. The Hall–Kier alpha value is -4.21. The summed E-state index contributed by atoms with van der Waals surface area (Å²) in [4.78, 5) is 12.5. The molecule has 1 aliphatic heterocycles. The Morgan fingerprint density at radius 3 is 2.10 bits per heavy atom. The van der Waals surface area contributed by atoms with E-state index in [0.29, 0.717) is 56.3 Å². The molecule has 5 rings (SSSR count). The van der Waals surface area contributed by atoms with Gasteiger partial charge in [0.25, 0.3) is 0 Å². The predicted octanol–water partition coefficient (Wildman–Crippen LogP) is 6.51. The molecular formula is C29H28F6N6O. The van der Waals surface area contributed by atoms with Gasteiger partial charge in [0.05, 0.1) is 28.9 Å². The molecule has 7 nitrogen and oxygen atoms in total. The second-order valence-electron chi connectivity index (χ2n) is 10.3. The van der Waals surface area contributed by atoms with Gasteiger partial charge in [0.15, 0.2) is 0 Å². The number of hydrogen-bond acceptors (Lipinski definition) is 7. The van der Waals surface area contributed by atoms with Gasteiger partial charge >= 0.3 is 12.4 Å². The van der Waals surface area contributed by atoms with Crippen LogP contribution in [0, 0.1) is 11.3 Å². The van der Waals surface area contributed by atoms with Gasteiger partial charge in [-0.05, 0) is 62.1 Å². The van der Waals surface area contributed by atoms with Crippen molar-refractivity contribution < 1.29 is 31.1 Å². The minimum atomic E-state index is -4.60. The lowest BCUT2D eigenvalue weighted by Crippen LogP contribution is -2.47.